The van der Waals surface area contributed by atoms with Crippen LogP contribution in [0, 0.1) is 24.7 Å². The molecule has 0 aliphatic heterocycles. The van der Waals surface area contributed by atoms with Gasteiger partial charge in [0.15, 0.2) is 10.8 Å². The van der Waals surface area contributed by atoms with Gasteiger partial charge >= 0.3 is 0 Å². The summed E-state index contributed by atoms with van der Waals surface area (Å²) in [5.41, 5.74) is 8.77. The van der Waals surface area contributed by atoms with Gasteiger partial charge in [0.2, 0.25) is 0 Å². The van der Waals surface area contributed by atoms with E-state index in [1.54, 1.807) is 22.5 Å². The molecule has 0 saturated heterocycles. The maximum absolute atomic E-state index is 13.7. The number of fused-ring (bicyclic) bond motifs is 2. The largest absolute Gasteiger partial charge is 0.351 e. The van der Waals surface area contributed by atoms with Crippen molar-refractivity contribution in [3.63, 3.8) is 0 Å². The van der Waals surface area contributed by atoms with Crippen molar-refractivity contribution < 1.29 is 9.59 Å². The van der Waals surface area contributed by atoms with Crippen molar-refractivity contribution in [2.75, 3.05) is 11.9 Å². The van der Waals surface area contributed by atoms with E-state index in [0.29, 0.717) is 41.3 Å². The number of benzene rings is 3. The molecule has 2 fully saturated rings. The average molecular weight is 723 g/mol. The topological polar surface area (TPSA) is 148 Å². The lowest BCUT2D eigenvalue weighted by Crippen LogP contribution is -2.38. The predicted molar refractivity (Wildman–Crippen MR) is 204 cm³/mol. The Hall–Kier alpha value is -5.82. The normalized spacial score (nSPS) is 17.2. The van der Waals surface area contributed by atoms with Crippen molar-refractivity contribution in [1.29, 1.82) is 0 Å². The van der Waals surface area contributed by atoms with Crippen molar-refractivity contribution >= 4 is 45.9 Å². The molecule has 2 aliphatic carbocycles. The molecular formula is C40H38N10O2S. The Balaban J connectivity index is 0.848. The Labute approximate surface area is 309 Å². The minimum Gasteiger partial charge on any atom is -0.351 e. The Morgan fingerprint density at radius 1 is 0.943 bits per heavy atom. The van der Waals surface area contributed by atoms with Gasteiger partial charge in [0.1, 0.15) is 11.3 Å². The highest BCUT2D eigenvalue weighted by Crippen LogP contribution is 2.74. The van der Waals surface area contributed by atoms with Gasteiger partial charge in [-0.05, 0) is 80.5 Å². The number of imidazole rings is 1. The third kappa shape index (κ3) is 6.14. The van der Waals surface area contributed by atoms with E-state index in [-0.39, 0.29) is 22.6 Å². The number of amides is 2. The molecule has 1 atom stereocenters. The molecular weight excluding hydrogens is 685 g/mol. The van der Waals surface area contributed by atoms with E-state index < -0.39 is 0 Å². The van der Waals surface area contributed by atoms with Crippen LogP contribution in [0.25, 0.3) is 27.9 Å². The van der Waals surface area contributed by atoms with E-state index in [2.05, 4.69) is 41.0 Å². The number of H-pyrrole nitrogens is 1. The van der Waals surface area contributed by atoms with Gasteiger partial charge in [-0.3, -0.25) is 14.3 Å². The van der Waals surface area contributed by atoms with E-state index in [1.165, 1.54) is 19.3 Å². The van der Waals surface area contributed by atoms with Gasteiger partial charge in [0.05, 0.1) is 30.0 Å². The number of hydrogen-bond acceptors (Lipinski definition) is 8. The van der Waals surface area contributed by atoms with Gasteiger partial charge in [-0.15, -0.1) is 5.10 Å². The number of carbonyl (C=O) groups is 2. The van der Waals surface area contributed by atoms with Gasteiger partial charge in [-0.2, -0.15) is 5.10 Å². The van der Waals surface area contributed by atoms with Crippen molar-refractivity contribution in [2.24, 2.45) is 10.8 Å². The van der Waals surface area contributed by atoms with Crippen LogP contribution in [0.4, 0.5) is 5.69 Å². The summed E-state index contributed by atoms with van der Waals surface area (Å²) in [6.07, 6.45) is 8.15. The standard InChI is InChI=1S/C40H38N10O2S/c1-25-18-26(2)50-35(43-25)31(19-42-50)37(52)44-29-14-12-27(13-15-29)34-20-49(48-47-34)24-40(22-39(40)16-7-17-39)23-41-36(51)30-9-4-3-8-28(30)21-53-38-45-32-10-5-6-11-33(32)46-38/h3-6,8-15,18-20H,7,16-17,21-24H2,1-2H3,(H,41,51)(H,44,52)(H,45,46). The van der Waals surface area contributed by atoms with Crippen LogP contribution in [-0.4, -0.2) is 57.9 Å². The van der Waals surface area contributed by atoms with Crippen molar-refractivity contribution in [2.45, 2.75) is 57.0 Å². The summed E-state index contributed by atoms with van der Waals surface area (Å²) in [5.74, 6) is 0.307. The molecule has 4 heterocycles. The maximum Gasteiger partial charge on any atom is 0.261 e. The molecule has 0 radical (unpaired) electrons. The molecule has 7 aromatic rings. The van der Waals surface area contributed by atoms with Crippen LogP contribution in [0.5, 0.6) is 0 Å². The highest BCUT2D eigenvalue weighted by Gasteiger charge is 2.69. The second-order valence-electron chi connectivity index (χ2n) is 14.4. The average Bonchev–Trinajstić information content (AvgIpc) is 3.54. The Bertz CT molecular complexity index is 2480. The van der Waals surface area contributed by atoms with Crippen LogP contribution in [0.3, 0.4) is 0 Å². The summed E-state index contributed by atoms with van der Waals surface area (Å²) in [6.45, 7) is 5.11. The summed E-state index contributed by atoms with van der Waals surface area (Å²) in [4.78, 5) is 39.4. The number of aromatic nitrogens is 8. The van der Waals surface area contributed by atoms with Gasteiger partial charge in [0.25, 0.3) is 11.8 Å². The Kier molecular flexibility index (Phi) is 8.10. The highest BCUT2D eigenvalue weighted by atomic mass is 32.2. The minimum absolute atomic E-state index is 0.0546. The second kappa shape index (κ2) is 13.0. The number of rotatable bonds is 11. The lowest BCUT2D eigenvalue weighted by Gasteiger charge is -2.33. The third-order valence-electron chi connectivity index (χ3n) is 11.0. The first-order valence-electron chi connectivity index (χ1n) is 17.9. The van der Waals surface area contributed by atoms with Gasteiger partial charge in [-0.1, -0.05) is 65.9 Å². The summed E-state index contributed by atoms with van der Waals surface area (Å²) in [7, 11) is 0. The number of hydrogen-bond donors (Lipinski definition) is 3. The predicted octanol–water partition coefficient (Wildman–Crippen LogP) is 7.02. The maximum atomic E-state index is 13.7. The first-order chi connectivity index (χ1) is 25.8. The fourth-order valence-corrected chi connectivity index (χ4v) is 8.86. The molecule has 4 aromatic heterocycles. The van der Waals surface area contributed by atoms with Crippen LogP contribution in [-0.2, 0) is 12.3 Å². The van der Waals surface area contributed by atoms with E-state index in [1.807, 2.05) is 104 Å². The van der Waals surface area contributed by atoms with Crippen LogP contribution in [0.2, 0.25) is 0 Å². The van der Waals surface area contributed by atoms with Crippen molar-refractivity contribution in [1.82, 2.24) is 44.9 Å². The van der Waals surface area contributed by atoms with E-state index in [9.17, 15) is 9.59 Å². The molecule has 266 valence electrons. The number of nitrogens with zero attached hydrogens (tertiary/aromatic N) is 7. The highest BCUT2D eigenvalue weighted by molar-refractivity contribution is 7.98. The third-order valence-corrected chi connectivity index (χ3v) is 12.0. The second-order valence-corrected chi connectivity index (χ2v) is 15.4. The van der Waals surface area contributed by atoms with Crippen LogP contribution >= 0.6 is 11.8 Å². The molecule has 1 spiro atoms. The summed E-state index contributed by atoms with van der Waals surface area (Å²) in [6, 6.07) is 25.3. The quantitative estimate of drug-likeness (QED) is 0.121. The zero-order valence-electron chi connectivity index (χ0n) is 29.5. The zero-order chi connectivity index (χ0) is 36.2. The minimum atomic E-state index is -0.270. The molecule has 12 nitrogen and oxygen atoms in total. The molecule has 13 heteroatoms. The molecule has 53 heavy (non-hydrogen) atoms. The summed E-state index contributed by atoms with van der Waals surface area (Å²) < 4.78 is 3.59. The number of aryl methyl sites for hydroxylation is 2. The lowest BCUT2D eigenvalue weighted by molar-refractivity contribution is 0.0922. The molecule has 3 aromatic carbocycles. The van der Waals surface area contributed by atoms with E-state index in [0.717, 1.165) is 50.8 Å². The molecule has 2 amide bonds. The van der Waals surface area contributed by atoms with Gasteiger partial charge in [0, 0.05) is 45.9 Å². The smallest absolute Gasteiger partial charge is 0.261 e. The Morgan fingerprint density at radius 2 is 1.75 bits per heavy atom. The molecule has 3 N–H and O–H groups in total. The first-order valence-corrected chi connectivity index (χ1v) is 18.8. The van der Waals surface area contributed by atoms with Gasteiger partial charge in [-0.25, -0.2) is 14.5 Å². The molecule has 2 aliphatic rings. The molecule has 2 saturated carbocycles. The van der Waals surface area contributed by atoms with E-state index >= 15 is 0 Å². The molecule has 0 bridgehead atoms. The lowest BCUT2D eigenvalue weighted by atomic mass is 9.75. The monoisotopic (exact) mass is 722 g/mol. The molecule has 9 rings (SSSR count). The van der Waals surface area contributed by atoms with Crippen molar-refractivity contribution in [3.05, 3.63) is 119 Å². The van der Waals surface area contributed by atoms with Crippen molar-refractivity contribution in [3.8, 4) is 11.3 Å². The number of aromatic amines is 1. The molecule has 1 unspecified atom stereocenters. The first kappa shape index (κ1) is 33.0. The number of anilines is 1. The van der Waals surface area contributed by atoms with E-state index in [4.69, 9.17) is 0 Å². The number of carbonyl (C=O) groups excluding carboxylic acids is 2. The fraction of sp³-hybridized carbons (Fsp3) is 0.275. The SMILES string of the molecule is Cc1cc(C)n2ncc(C(=O)Nc3ccc(-c4cn(CC5(CNC(=O)c6ccccc6CSc6nc7ccccc7[nH]6)CC56CCC6)nn4)cc3)c2n1. The summed E-state index contributed by atoms with van der Waals surface area (Å²) >= 11 is 1.60. The number of thioether (sulfide) groups is 1. The number of nitrogens with one attached hydrogen (secondary N) is 3. The Morgan fingerprint density at radius 3 is 2.55 bits per heavy atom. The zero-order valence-corrected chi connectivity index (χ0v) is 30.3. The summed E-state index contributed by atoms with van der Waals surface area (Å²) in [5, 5.41) is 20.5. The number of para-hydroxylation sites is 2. The van der Waals surface area contributed by atoms with Crippen LogP contribution < -0.4 is 10.6 Å². The van der Waals surface area contributed by atoms with Crippen LogP contribution in [0.15, 0.2) is 96.4 Å². The fourth-order valence-electron chi connectivity index (χ4n) is 7.97. The van der Waals surface area contributed by atoms with Gasteiger partial charge < -0.3 is 15.6 Å². The van der Waals surface area contributed by atoms with Crippen LogP contribution in [0.1, 0.15) is 63.4 Å².